The predicted molar refractivity (Wildman–Crippen MR) is 157 cm³/mol. The Kier molecular flexibility index (Phi) is 6.83. The first-order valence-electron chi connectivity index (χ1n) is 14.0. The van der Waals surface area contributed by atoms with Gasteiger partial charge in [-0.3, -0.25) is 0 Å². The molecule has 0 radical (unpaired) electrons. The number of ether oxygens (including phenoxy) is 2. The highest BCUT2D eigenvalue weighted by Gasteiger charge is 2.23. The molecule has 0 bridgehead atoms. The number of pyridine rings is 1. The summed E-state index contributed by atoms with van der Waals surface area (Å²) in [5.41, 5.74) is 5.50. The summed E-state index contributed by atoms with van der Waals surface area (Å²) in [4.78, 5) is 25.3. The normalized spacial score (nSPS) is 14.7. The zero-order valence-corrected chi connectivity index (χ0v) is 23.3. The van der Waals surface area contributed by atoms with Gasteiger partial charge >= 0.3 is 5.97 Å². The van der Waals surface area contributed by atoms with Crippen LogP contribution >= 0.6 is 0 Å². The molecule has 0 saturated carbocycles. The fourth-order valence-electron chi connectivity index (χ4n) is 5.34. The summed E-state index contributed by atoms with van der Waals surface area (Å²) < 4.78 is 34.8. The quantitative estimate of drug-likeness (QED) is 0.211. The van der Waals surface area contributed by atoms with Gasteiger partial charge in [-0.05, 0) is 48.4 Å². The molecule has 4 heterocycles. The number of oxazole rings is 1. The molecule has 10 heteroatoms. The fraction of sp³-hybridized carbons (Fsp3) is 0.212. The van der Waals surface area contributed by atoms with E-state index in [1.54, 1.807) is 37.3 Å². The van der Waals surface area contributed by atoms with Crippen LogP contribution in [0.25, 0.3) is 33.4 Å². The van der Waals surface area contributed by atoms with Crippen molar-refractivity contribution in [2.45, 2.75) is 39.0 Å². The Hall–Kier alpha value is -5.09. The molecule has 1 aliphatic heterocycles. The number of carboxylic acid groups (broad SMARTS) is 1. The van der Waals surface area contributed by atoms with Gasteiger partial charge in [0.1, 0.15) is 23.8 Å². The molecule has 0 amide bonds. The number of hydrogen-bond donors (Lipinski definition) is 1. The number of aromatic nitrogens is 4. The molecule has 1 aliphatic rings. The smallest absolute Gasteiger partial charge is 0.335 e. The van der Waals surface area contributed by atoms with Gasteiger partial charge < -0.3 is 23.6 Å². The zero-order chi connectivity index (χ0) is 29.5. The molecule has 7 rings (SSSR count). The minimum Gasteiger partial charge on any atom is -0.478 e. The van der Waals surface area contributed by atoms with Crippen LogP contribution in [0.1, 0.15) is 39.6 Å². The lowest BCUT2D eigenvalue weighted by molar-refractivity contribution is -0.0589. The van der Waals surface area contributed by atoms with Crippen molar-refractivity contribution in [3.05, 3.63) is 107 Å². The number of aromatic carboxylic acids is 1. The van der Waals surface area contributed by atoms with Crippen LogP contribution in [0.3, 0.4) is 0 Å². The molecule has 6 aromatic rings. The molecule has 1 fully saturated rings. The summed E-state index contributed by atoms with van der Waals surface area (Å²) >= 11 is 0. The Bertz CT molecular complexity index is 1990. The van der Waals surface area contributed by atoms with Gasteiger partial charge in [0.05, 0.1) is 34.9 Å². The Morgan fingerprint density at radius 1 is 1.02 bits per heavy atom. The second-order valence-electron chi connectivity index (χ2n) is 10.6. The average molecular weight is 579 g/mol. The first-order valence-corrected chi connectivity index (χ1v) is 14.0. The van der Waals surface area contributed by atoms with E-state index in [0.717, 1.165) is 17.5 Å². The van der Waals surface area contributed by atoms with E-state index in [1.807, 2.05) is 34.9 Å². The van der Waals surface area contributed by atoms with Gasteiger partial charge in [-0.25, -0.2) is 24.1 Å². The van der Waals surface area contributed by atoms with E-state index >= 15 is 4.39 Å². The number of imidazole rings is 1. The first kappa shape index (κ1) is 26.8. The van der Waals surface area contributed by atoms with E-state index in [0.29, 0.717) is 64.2 Å². The lowest BCUT2D eigenvalue weighted by Gasteiger charge is -2.27. The highest BCUT2D eigenvalue weighted by Crippen LogP contribution is 2.28. The number of benzene rings is 3. The molecule has 9 nitrogen and oxygen atoms in total. The summed E-state index contributed by atoms with van der Waals surface area (Å²) in [5.74, 6) is 0.240. The largest absolute Gasteiger partial charge is 0.478 e. The number of rotatable bonds is 9. The van der Waals surface area contributed by atoms with E-state index in [9.17, 15) is 9.90 Å². The highest BCUT2D eigenvalue weighted by molar-refractivity contribution is 5.92. The minimum absolute atomic E-state index is 0.0187. The van der Waals surface area contributed by atoms with Crippen molar-refractivity contribution < 1.29 is 28.2 Å². The number of carbonyl (C=O) groups is 1. The third-order valence-electron chi connectivity index (χ3n) is 7.65. The average Bonchev–Trinajstić information content (AvgIpc) is 3.53. The Morgan fingerprint density at radius 2 is 1.88 bits per heavy atom. The number of fused-ring (bicyclic) bond motifs is 2. The number of para-hydroxylation sites is 1. The summed E-state index contributed by atoms with van der Waals surface area (Å²) in [7, 11) is 0. The van der Waals surface area contributed by atoms with Crippen LogP contribution in [0.4, 0.5) is 4.39 Å². The Balaban J connectivity index is 1.12. The predicted octanol–water partition coefficient (Wildman–Crippen LogP) is 6.34. The maximum absolute atomic E-state index is 15.5. The second-order valence-corrected chi connectivity index (χ2v) is 10.6. The van der Waals surface area contributed by atoms with E-state index in [-0.39, 0.29) is 30.5 Å². The van der Waals surface area contributed by atoms with Gasteiger partial charge in [-0.1, -0.05) is 30.3 Å². The van der Waals surface area contributed by atoms with Crippen molar-refractivity contribution >= 4 is 28.1 Å². The molecule has 1 saturated heterocycles. The molecule has 0 spiro atoms. The molecule has 1 N–H and O–H groups in total. The van der Waals surface area contributed by atoms with E-state index in [4.69, 9.17) is 18.9 Å². The SMILES string of the molecule is Cc1nc2cccc(COc3cccc(-c4ccc(Cc5nc6ccc(C(=O)O)cc6n5C[C@@H]5CCO5)c(F)c4)n3)c2o1. The fourth-order valence-corrected chi connectivity index (χ4v) is 5.34. The molecular formula is C33H27FN4O5. The van der Waals surface area contributed by atoms with Crippen molar-refractivity contribution in [3.8, 4) is 17.1 Å². The number of aryl methyl sites for hydroxylation is 1. The van der Waals surface area contributed by atoms with E-state index in [1.165, 1.54) is 12.1 Å². The second kappa shape index (κ2) is 11.0. The van der Waals surface area contributed by atoms with Crippen LogP contribution in [-0.4, -0.2) is 43.3 Å². The van der Waals surface area contributed by atoms with Crippen molar-refractivity contribution in [1.29, 1.82) is 0 Å². The van der Waals surface area contributed by atoms with Crippen LogP contribution in [0, 0.1) is 12.7 Å². The van der Waals surface area contributed by atoms with Crippen LogP contribution < -0.4 is 4.74 Å². The van der Waals surface area contributed by atoms with Crippen molar-refractivity contribution in [2.75, 3.05) is 6.61 Å². The zero-order valence-electron chi connectivity index (χ0n) is 23.3. The number of carboxylic acids is 1. The number of hydrogen-bond acceptors (Lipinski definition) is 7. The maximum Gasteiger partial charge on any atom is 0.335 e. The molecule has 3 aromatic carbocycles. The summed E-state index contributed by atoms with van der Waals surface area (Å²) in [5, 5.41) is 9.49. The molecule has 3 aromatic heterocycles. The van der Waals surface area contributed by atoms with Crippen molar-refractivity contribution in [2.24, 2.45) is 0 Å². The van der Waals surface area contributed by atoms with Gasteiger partial charge in [0.2, 0.25) is 5.88 Å². The van der Waals surface area contributed by atoms with Gasteiger partial charge in [0.15, 0.2) is 11.5 Å². The third kappa shape index (κ3) is 5.32. The van der Waals surface area contributed by atoms with E-state index in [2.05, 4.69) is 9.97 Å². The summed E-state index contributed by atoms with van der Waals surface area (Å²) in [6, 6.07) is 20.9. The Morgan fingerprint density at radius 3 is 2.67 bits per heavy atom. The molecule has 0 unspecified atom stereocenters. The maximum atomic E-state index is 15.5. The van der Waals surface area contributed by atoms with Gasteiger partial charge in [0.25, 0.3) is 0 Å². The standard InChI is InChI=1S/C33H27FN4O5/c1-19-35-28-6-2-4-23(32(28)43-19)18-42-31-7-3-5-26(37-31)21-9-8-20(25(34)14-21)16-30-36-27-11-10-22(33(39)40)15-29(27)38(30)17-24-12-13-41-24/h2-11,14-15,24H,12-13,16-18H2,1H3,(H,39,40)/t24-/m0/s1. The summed E-state index contributed by atoms with van der Waals surface area (Å²) in [6.07, 6.45) is 1.16. The van der Waals surface area contributed by atoms with Gasteiger partial charge in [-0.2, -0.15) is 0 Å². The first-order chi connectivity index (χ1) is 20.9. The Labute approximate surface area is 245 Å². The lowest BCUT2D eigenvalue weighted by atomic mass is 10.1. The number of halogens is 1. The third-order valence-corrected chi connectivity index (χ3v) is 7.65. The van der Waals surface area contributed by atoms with Crippen molar-refractivity contribution in [1.82, 2.24) is 19.5 Å². The van der Waals surface area contributed by atoms with Gasteiger partial charge in [-0.15, -0.1) is 0 Å². The minimum atomic E-state index is -1.01. The molecule has 43 heavy (non-hydrogen) atoms. The van der Waals surface area contributed by atoms with Crippen LogP contribution in [0.15, 0.2) is 77.2 Å². The van der Waals surface area contributed by atoms with Crippen LogP contribution in [0.5, 0.6) is 5.88 Å². The highest BCUT2D eigenvalue weighted by atomic mass is 19.1. The number of nitrogens with zero attached hydrogens (tertiary/aromatic N) is 4. The van der Waals surface area contributed by atoms with Crippen LogP contribution in [-0.2, 0) is 24.3 Å². The summed E-state index contributed by atoms with van der Waals surface area (Å²) in [6.45, 7) is 3.27. The molecule has 0 aliphatic carbocycles. The van der Waals surface area contributed by atoms with E-state index < -0.39 is 5.97 Å². The molecular weight excluding hydrogens is 551 g/mol. The lowest BCUT2D eigenvalue weighted by Crippen LogP contribution is -2.31. The van der Waals surface area contributed by atoms with Crippen molar-refractivity contribution in [3.63, 3.8) is 0 Å². The van der Waals surface area contributed by atoms with Gasteiger partial charge in [0, 0.05) is 37.1 Å². The van der Waals surface area contributed by atoms with Crippen LogP contribution in [0.2, 0.25) is 0 Å². The topological polar surface area (TPSA) is 113 Å². The molecule has 1 atom stereocenters. The monoisotopic (exact) mass is 578 g/mol. The molecule has 216 valence electrons.